The van der Waals surface area contributed by atoms with E-state index in [2.05, 4.69) is 37.8 Å². The number of nitrogens with zero attached hydrogens (tertiary/aromatic N) is 1. The molecule has 21 heavy (non-hydrogen) atoms. The van der Waals surface area contributed by atoms with Crippen molar-refractivity contribution >= 4 is 15.9 Å². The van der Waals surface area contributed by atoms with Crippen LogP contribution in [0.2, 0.25) is 0 Å². The van der Waals surface area contributed by atoms with Gasteiger partial charge in [-0.3, -0.25) is 0 Å². The Kier molecular flexibility index (Phi) is 6.39. The van der Waals surface area contributed by atoms with Crippen molar-refractivity contribution in [2.45, 2.75) is 39.0 Å². The quantitative estimate of drug-likeness (QED) is 0.801. The van der Waals surface area contributed by atoms with E-state index in [1.807, 2.05) is 6.07 Å². The standard InChI is InChI=1S/C15H21BrF2N2O/c1-11(10-20-6-2-3-7-20)19-9-12-8-13(16)4-5-14(12)21-15(17)18/h4-5,8,11,15,19H,2-3,6-7,9-10H2,1H3. The van der Waals surface area contributed by atoms with Gasteiger partial charge in [0, 0.05) is 29.2 Å². The van der Waals surface area contributed by atoms with Gasteiger partial charge in [0.25, 0.3) is 0 Å². The zero-order valence-corrected chi connectivity index (χ0v) is 13.7. The first-order valence-electron chi connectivity index (χ1n) is 7.23. The molecule has 1 atom stereocenters. The number of rotatable bonds is 7. The van der Waals surface area contributed by atoms with Crippen molar-refractivity contribution in [1.82, 2.24) is 10.2 Å². The van der Waals surface area contributed by atoms with E-state index in [1.54, 1.807) is 12.1 Å². The number of benzene rings is 1. The normalized spacial score (nSPS) is 17.4. The Bertz CT molecular complexity index is 453. The lowest BCUT2D eigenvalue weighted by Gasteiger charge is -2.22. The second-order valence-corrected chi connectivity index (χ2v) is 6.34. The Balaban J connectivity index is 1.90. The molecule has 0 amide bonds. The molecule has 1 aliphatic rings. The molecule has 1 aliphatic heterocycles. The molecule has 1 aromatic rings. The highest BCUT2D eigenvalue weighted by Gasteiger charge is 2.15. The largest absolute Gasteiger partial charge is 0.434 e. The number of hydrogen-bond acceptors (Lipinski definition) is 3. The van der Waals surface area contributed by atoms with Crippen LogP contribution >= 0.6 is 15.9 Å². The highest BCUT2D eigenvalue weighted by atomic mass is 79.9. The van der Waals surface area contributed by atoms with Crippen molar-refractivity contribution in [3.63, 3.8) is 0 Å². The maximum absolute atomic E-state index is 12.4. The number of halogens is 3. The van der Waals surface area contributed by atoms with Crippen LogP contribution in [0, 0.1) is 0 Å². The summed E-state index contributed by atoms with van der Waals surface area (Å²) in [4.78, 5) is 2.43. The summed E-state index contributed by atoms with van der Waals surface area (Å²) >= 11 is 3.36. The third-order valence-corrected chi connectivity index (χ3v) is 4.10. The minimum atomic E-state index is -2.80. The van der Waals surface area contributed by atoms with Crippen LogP contribution in [0.25, 0.3) is 0 Å². The van der Waals surface area contributed by atoms with Crippen LogP contribution in [0.3, 0.4) is 0 Å². The zero-order chi connectivity index (χ0) is 15.2. The maximum atomic E-state index is 12.4. The van der Waals surface area contributed by atoms with Crippen molar-refractivity contribution in [2.24, 2.45) is 0 Å². The minimum Gasteiger partial charge on any atom is -0.434 e. The van der Waals surface area contributed by atoms with Crippen LogP contribution in [0.4, 0.5) is 8.78 Å². The molecule has 0 aliphatic carbocycles. The molecule has 6 heteroatoms. The average molecular weight is 363 g/mol. The smallest absolute Gasteiger partial charge is 0.387 e. The van der Waals surface area contributed by atoms with Gasteiger partial charge in [-0.05, 0) is 51.1 Å². The van der Waals surface area contributed by atoms with Crippen molar-refractivity contribution in [3.8, 4) is 5.75 Å². The van der Waals surface area contributed by atoms with Crippen molar-refractivity contribution in [2.75, 3.05) is 19.6 Å². The van der Waals surface area contributed by atoms with E-state index < -0.39 is 6.61 Å². The van der Waals surface area contributed by atoms with E-state index in [4.69, 9.17) is 0 Å². The molecule has 1 unspecified atom stereocenters. The van der Waals surface area contributed by atoms with Gasteiger partial charge < -0.3 is 15.0 Å². The zero-order valence-electron chi connectivity index (χ0n) is 12.1. The van der Waals surface area contributed by atoms with Gasteiger partial charge in [-0.2, -0.15) is 8.78 Å². The summed E-state index contributed by atoms with van der Waals surface area (Å²) in [6.45, 7) is 3.12. The Morgan fingerprint density at radius 1 is 1.33 bits per heavy atom. The third kappa shape index (κ3) is 5.52. The van der Waals surface area contributed by atoms with E-state index in [-0.39, 0.29) is 5.75 Å². The first-order valence-corrected chi connectivity index (χ1v) is 8.03. The first kappa shape index (κ1) is 16.6. The Morgan fingerprint density at radius 3 is 2.71 bits per heavy atom. The third-order valence-electron chi connectivity index (χ3n) is 3.61. The lowest BCUT2D eigenvalue weighted by atomic mass is 10.2. The molecule has 1 saturated heterocycles. The monoisotopic (exact) mass is 362 g/mol. The molecular formula is C15H21BrF2N2O. The minimum absolute atomic E-state index is 0.231. The molecular weight excluding hydrogens is 342 g/mol. The highest BCUT2D eigenvalue weighted by Crippen LogP contribution is 2.24. The fraction of sp³-hybridized carbons (Fsp3) is 0.600. The molecule has 0 aromatic heterocycles. The van der Waals surface area contributed by atoms with E-state index in [0.717, 1.165) is 29.7 Å². The molecule has 1 heterocycles. The van der Waals surface area contributed by atoms with E-state index >= 15 is 0 Å². The molecule has 3 nitrogen and oxygen atoms in total. The SMILES string of the molecule is CC(CN1CCCC1)NCc1cc(Br)ccc1OC(F)F. The van der Waals surface area contributed by atoms with Gasteiger partial charge in [0.1, 0.15) is 5.75 Å². The van der Waals surface area contributed by atoms with Crippen LogP contribution in [-0.4, -0.2) is 37.2 Å². The summed E-state index contributed by atoms with van der Waals surface area (Å²) in [5.41, 5.74) is 0.734. The number of alkyl halides is 2. The maximum Gasteiger partial charge on any atom is 0.387 e. The molecule has 1 aromatic carbocycles. The predicted molar refractivity (Wildman–Crippen MR) is 82.7 cm³/mol. The van der Waals surface area contributed by atoms with Gasteiger partial charge in [-0.15, -0.1) is 0 Å². The van der Waals surface area contributed by atoms with Gasteiger partial charge in [0.15, 0.2) is 0 Å². The molecule has 0 saturated carbocycles. The highest BCUT2D eigenvalue weighted by molar-refractivity contribution is 9.10. The topological polar surface area (TPSA) is 24.5 Å². The molecule has 0 spiro atoms. The molecule has 1 N–H and O–H groups in total. The Labute approximate surface area is 132 Å². The van der Waals surface area contributed by atoms with Crippen molar-refractivity contribution in [1.29, 1.82) is 0 Å². The summed E-state index contributed by atoms with van der Waals surface area (Å²) in [5.74, 6) is 0.231. The molecule has 118 valence electrons. The van der Waals surface area contributed by atoms with Gasteiger partial charge >= 0.3 is 6.61 Å². The number of hydrogen-bond donors (Lipinski definition) is 1. The average Bonchev–Trinajstić information content (AvgIpc) is 2.91. The molecule has 2 rings (SSSR count). The summed E-state index contributed by atoms with van der Waals surface area (Å²) < 4.78 is 30.2. The van der Waals surface area contributed by atoms with Gasteiger partial charge in [-0.1, -0.05) is 15.9 Å². The van der Waals surface area contributed by atoms with Crippen LogP contribution in [0.5, 0.6) is 5.75 Å². The van der Waals surface area contributed by atoms with Crippen LogP contribution in [-0.2, 0) is 6.54 Å². The van der Waals surface area contributed by atoms with Crippen LogP contribution in [0.15, 0.2) is 22.7 Å². The van der Waals surface area contributed by atoms with Crippen LogP contribution < -0.4 is 10.1 Å². The molecule has 1 fully saturated rings. The molecule has 0 bridgehead atoms. The summed E-state index contributed by atoms with van der Waals surface area (Å²) in [6, 6.07) is 5.39. The fourth-order valence-corrected chi connectivity index (χ4v) is 3.01. The lowest BCUT2D eigenvalue weighted by Crippen LogP contribution is -2.37. The predicted octanol–water partition coefficient (Wildman–Crippen LogP) is 3.62. The fourth-order valence-electron chi connectivity index (χ4n) is 2.60. The second kappa shape index (κ2) is 8.06. The summed E-state index contributed by atoms with van der Waals surface area (Å²) in [7, 11) is 0. The van der Waals surface area contributed by atoms with Crippen molar-refractivity contribution < 1.29 is 13.5 Å². The van der Waals surface area contributed by atoms with Crippen molar-refractivity contribution in [3.05, 3.63) is 28.2 Å². The number of ether oxygens (including phenoxy) is 1. The van der Waals surface area contributed by atoms with E-state index in [1.165, 1.54) is 12.8 Å². The first-order chi connectivity index (χ1) is 10.0. The van der Waals surface area contributed by atoms with Gasteiger partial charge in [-0.25, -0.2) is 0 Å². The van der Waals surface area contributed by atoms with Gasteiger partial charge in [0.2, 0.25) is 0 Å². The van der Waals surface area contributed by atoms with Crippen LogP contribution in [0.1, 0.15) is 25.3 Å². The summed E-state index contributed by atoms with van der Waals surface area (Å²) in [6.07, 6.45) is 2.54. The summed E-state index contributed by atoms with van der Waals surface area (Å²) in [5, 5.41) is 3.38. The van der Waals surface area contributed by atoms with E-state index in [9.17, 15) is 8.78 Å². The molecule has 0 radical (unpaired) electrons. The Morgan fingerprint density at radius 2 is 2.05 bits per heavy atom. The van der Waals surface area contributed by atoms with Gasteiger partial charge in [0.05, 0.1) is 0 Å². The lowest BCUT2D eigenvalue weighted by molar-refractivity contribution is -0.0505. The van der Waals surface area contributed by atoms with E-state index in [0.29, 0.717) is 12.6 Å². The second-order valence-electron chi connectivity index (χ2n) is 5.42. The number of likely N-dealkylation sites (tertiary alicyclic amines) is 1. The number of nitrogens with one attached hydrogen (secondary N) is 1. The Hall–Kier alpha value is -0.720.